The molecule has 138 valence electrons. The van der Waals surface area contributed by atoms with Gasteiger partial charge in [0.1, 0.15) is 0 Å². The monoisotopic (exact) mass is 374 g/mol. The molecule has 0 unspecified atom stereocenters. The summed E-state index contributed by atoms with van der Waals surface area (Å²) < 4.78 is 7.13. The van der Waals surface area contributed by atoms with Gasteiger partial charge in [-0.05, 0) is 37.1 Å². The molecule has 7 heteroatoms. The molecule has 26 heavy (non-hydrogen) atoms. The van der Waals surface area contributed by atoms with Gasteiger partial charge in [0.2, 0.25) is 0 Å². The van der Waals surface area contributed by atoms with Crippen LogP contribution in [-0.2, 0) is 4.74 Å². The number of nitrogens with one attached hydrogen (secondary N) is 1. The molecular weight excluding hydrogens is 352 g/mol. The molecule has 0 radical (unpaired) electrons. The van der Waals surface area contributed by atoms with Crippen molar-refractivity contribution in [3.8, 4) is 5.69 Å². The fourth-order valence-electron chi connectivity index (χ4n) is 3.42. The van der Waals surface area contributed by atoms with Crippen LogP contribution in [0.1, 0.15) is 23.2 Å². The summed E-state index contributed by atoms with van der Waals surface area (Å²) in [5, 5.41) is 7.75. The third kappa shape index (κ3) is 3.92. The maximum Gasteiger partial charge on any atom is 0.252 e. The maximum atomic E-state index is 12.7. The number of aromatic nitrogens is 2. The molecule has 0 spiro atoms. The lowest BCUT2D eigenvalue weighted by Crippen LogP contribution is -2.43. The van der Waals surface area contributed by atoms with Crippen molar-refractivity contribution in [3.63, 3.8) is 0 Å². The first kappa shape index (κ1) is 17.5. The number of halogens is 1. The highest BCUT2D eigenvalue weighted by Crippen LogP contribution is 2.45. The molecule has 1 aromatic heterocycles. The summed E-state index contributed by atoms with van der Waals surface area (Å²) in [6.45, 7) is 5.28. The summed E-state index contributed by atoms with van der Waals surface area (Å²) in [6, 6.07) is 7.23. The first-order valence-corrected chi connectivity index (χ1v) is 9.41. The van der Waals surface area contributed by atoms with E-state index in [0.29, 0.717) is 17.1 Å². The van der Waals surface area contributed by atoms with E-state index in [2.05, 4.69) is 15.3 Å². The highest BCUT2D eigenvalue weighted by atomic mass is 35.5. The predicted molar refractivity (Wildman–Crippen MR) is 99.8 cm³/mol. The highest BCUT2D eigenvalue weighted by molar-refractivity contribution is 6.33. The molecule has 2 aromatic rings. The molecule has 6 nitrogen and oxygen atoms in total. The third-order valence-electron chi connectivity index (χ3n) is 5.21. The van der Waals surface area contributed by atoms with Crippen LogP contribution in [0.3, 0.4) is 0 Å². The number of morpholine rings is 1. The van der Waals surface area contributed by atoms with E-state index in [9.17, 15) is 4.79 Å². The van der Waals surface area contributed by atoms with Crippen molar-refractivity contribution >= 4 is 17.5 Å². The van der Waals surface area contributed by atoms with Crippen molar-refractivity contribution in [1.29, 1.82) is 0 Å². The Kier molecular flexibility index (Phi) is 4.98. The lowest BCUT2D eigenvalue weighted by atomic mass is 10.1. The molecule has 0 atom stereocenters. The molecule has 1 N–H and O–H groups in total. The van der Waals surface area contributed by atoms with Crippen LogP contribution < -0.4 is 5.32 Å². The quantitative estimate of drug-likeness (QED) is 0.843. The minimum absolute atomic E-state index is 0.128. The minimum atomic E-state index is -0.128. The van der Waals surface area contributed by atoms with Crippen molar-refractivity contribution in [1.82, 2.24) is 20.0 Å². The third-order valence-corrected chi connectivity index (χ3v) is 5.54. The number of nitrogens with zero attached hydrogens (tertiary/aromatic N) is 3. The number of carbonyl (C=O) groups excluding carboxylic acids is 1. The van der Waals surface area contributed by atoms with Crippen LogP contribution >= 0.6 is 11.6 Å². The van der Waals surface area contributed by atoms with E-state index in [1.807, 2.05) is 18.3 Å². The van der Waals surface area contributed by atoms with Crippen molar-refractivity contribution in [2.75, 3.05) is 39.4 Å². The van der Waals surface area contributed by atoms with Crippen LogP contribution in [0.25, 0.3) is 5.69 Å². The van der Waals surface area contributed by atoms with Crippen molar-refractivity contribution in [2.24, 2.45) is 5.41 Å². The summed E-state index contributed by atoms with van der Waals surface area (Å²) in [4.78, 5) is 15.1. The zero-order valence-corrected chi connectivity index (χ0v) is 15.4. The molecule has 1 amide bonds. The van der Waals surface area contributed by atoms with Gasteiger partial charge in [-0.3, -0.25) is 9.69 Å². The second kappa shape index (κ2) is 7.39. The Morgan fingerprint density at radius 1 is 1.31 bits per heavy atom. The van der Waals surface area contributed by atoms with E-state index in [-0.39, 0.29) is 11.3 Å². The lowest BCUT2D eigenvalue weighted by molar-refractivity contribution is 0.0283. The Balaban J connectivity index is 1.39. The highest BCUT2D eigenvalue weighted by Gasteiger charge is 2.44. The Bertz CT molecular complexity index is 768. The van der Waals surface area contributed by atoms with E-state index in [4.69, 9.17) is 16.3 Å². The van der Waals surface area contributed by atoms with Gasteiger partial charge in [0.15, 0.2) is 0 Å². The van der Waals surface area contributed by atoms with Crippen molar-refractivity contribution < 1.29 is 9.53 Å². The van der Waals surface area contributed by atoms with Gasteiger partial charge in [0, 0.05) is 44.0 Å². The van der Waals surface area contributed by atoms with Crippen LogP contribution in [0.15, 0.2) is 36.7 Å². The number of hydrogen-bond acceptors (Lipinski definition) is 4. The van der Waals surface area contributed by atoms with E-state index < -0.39 is 0 Å². The second-order valence-corrected chi connectivity index (χ2v) is 7.59. The first-order chi connectivity index (χ1) is 12.7. The normalized spacial score (nSPS) is 19.3. The average molecular weight is 375 g/mol. The zero-order chi connectivity index (χ0) is 18.0. The summed E-state index contributed by atoms with van der Waals surface area (Å²) in [7, 11) is 0. The first-order valence-electron chi connectivity index (χ1n) is 9.03. The molecule has 1 aliphatic carbocycles. The van der Waals surface area contributed by atoms with Gasteiger partial charge in [-0.1, -0.05) is 11.6 Å². The number of hydrogen-bond donors (Lipinski definition) is 1. The summed E-state index contributed by atoms with van der Waals surface area (Å²) in [6.07, 6.45) is 5.86. The number of ether oxygens (including phenoxy) is 1. The number of carbonyl (C=O) groups is 1. The Labute approximate surface area is 158 Å². The fraction of sp³-hybridized carbons (Fsp3) is 0.474. The Hall–Kier alpha value is -1.89. The second-order valence-electron chi connectivity index (χ2n) is 7.19. The minimum Gasteiger partial charge on any atom is -0.379 e. The summed E-state index contributed by atoms with van der Waals surface area (Å²) in [5.74, 6) is -0.128. The van der Waals surface area contributed by atoms with Crippen LogP contribution in [0.4, 0.5) is 0 Å². The van der Waals surface area contributed by atoms with Crippen LogP contribution in [-0.4, -0.2) is 60.0 Å². The molecule has 1 aliphatic heterocycles. The van der Waals surface area contributed by atoms with E-state index in [1.165, 1.54) is 0 Å². The van der Waals surface area contributed by atoms with E-state index in [0.717, 1.165) is 51.4 Å². The van der Waals surface area contributed by atoms with Crippen molar-refractivity contribution in [2.45, 2.75) is 12.8 Å². The topological polar surface area (TPSA) is 59.4 Å². The SMILES string of the molecule is O=C(NCC1(CN2CCOCC2)CC1)c1cc(-n2cccn2)ccc1Cl. The summed E-state index contributed by atoms with van der Waals surface area (Å²) in [5.41, 5.74) is 1.51. The zero-order valence-electron chi connectivity index (χ0n) is 14.7. The number of amides is 1. The van der Waals surface area contributed by atoms with Gasteiger partial charge in [-0.2, -0.15) is 5.10 Å². The molecule has 1 saturated carbocycles. The van der Waals surface area contributed by atoms with Crippen molar-refractivity contribution in [3.05, 3.63) is 47.2 Å². The molecule has 0 bridgehead atoms. The van der Waals surface area contributed by atoms with E-state index >= 15 is 0 Å². The van der Waals surface area contributed by atoms with Gasteiger partial charge in [-0.15, -0.1) is 0 Å². The smallest absolute Gasteiger partial charge is 0.252 e. The standard InChI is InChI=1S/C19H23ClN4O2/c20-17-3-2-15(24-7-1-6-22-24)12-16(17)18(25)21-13-19(4-5-19)14-23-8-10-26-11-9-23/h1-3,6-7,12H,4-5,8-11,13-14H2,(H,21,25). The Morgan fingerprint density at radius 3 is 2.81 bits per heavy atom. The Morgan fingerprint density at radius 2 is 2.12 bits per heavy atom. The van der Waals surface area contributed by atoms with Gasteiger partial charge >= 0.3 is 0 Å². The van der Waals surface area contributed by atoms with Crippen LogP contribution in [0.5, 0.6) is 0 Å². The number of rotatable bonds is 6. The van der Waals surface area contributed by atoms with Crippen LogP contribution in [0, 0.1) is 5.41 Å². The fourth-order valence-corrected chi connectivity index (χ4v) is 3.62. The maximum absolute atomic E-state index is 12.7. The van der Waals surface area contributed by atoms with Gasteiger partial charge < -0.3 is 10.1 Å². The molecule has 4 rings (SSSR count). The predicted octanol–water partition coefficient (Wildman–Crippen LogP) is 2.37. The average Bonchev–Trinajstić information content (AvgIpc) is 3.19. The molecule has 2 heterocycles. The largest absolute Gasteiger partial charge is 0.379 e. The molecule has 1 saturated heterocycles. The molecular formula is C19H23ClN4O2. The summed E-state index contributed by atoms with van der Waals surface area (Å²) >= 11 is 6.26. The molecule has 2 aliphatic rings. The van der Waals surface area contributed by atoms with Gasteiger partial charge in [0.25, 0.3) is 5.91 Å². The molecule has 1 aromatic carbocycles. The lowest BCUT2D eigenvalue weighted by Gasteiger charge is -2.30. The number of benzene rings is 1. The van der Waals surface area contributed by atoms with E-state index in [1.54, 1.807) is 23.0 Å². The molecule has 2 fully saturated rings. The van der Waals surface area contributed by atoms with Gasteiger partial charge in [-0.25, -0.2) is 4.68 Å². The van der Waals surface area contributed by atoms with Gasteiger partial charge in [0.05, 0.1) is 29.5 Å². The van der Waals surface area contributed by atoms with Crippen LogP contribution in [0.2, 0.25) is 5.02 Å².